The first-order valence-corrected chi connectivity index (χ1v) is 7.41. The largest absolute Gasteiger partial charge is 0.381 e. The van der Waals surface area contributed by atoms with Crippen molar-refractivity contribution in [3.8, 4) is 0 Å². The van der Waals surface area contributed by atoms with Crippen LogP contribution in [0.4, 0.5) is 0 Å². The first-order valence-electron chi connectivity index (χ1n) is 7.41. The summed E-state index contributed by atoms with van der Waals surface area (Å²) >= 11 is 0. The predicted octanol–water partition coefficient (Wildman–Crippen LogP) is 1.52. The highest BCUT2D eigenvalue weighted by atomic mass is 16.5. The van der Waals surface area contributed by atoms with Gasteiger partial charge in [0, 0.05) is 26.2 Å². The molecular formula is C14H25N3O3. The highest BCUT2D eigenvalue weighted by Crippen LogP contribution is 2.25. The van der Waals surface area contributed by atoms with E-state index in [4.69, 9.17) is 14.0 Å². The summed E-state index contributed by atoms with van der Waals surface area (Å²) in [6.07, 6.45) is 2.86. The number of aromatic nitrogens is 2. The Kier molecular flexibility index (Phi) is 5.94. The molecule has 1 aromatic heterocycles. The number of hydrogen-bond donors (Lipinski definition) is 1. The zero-order valence-electron chi connectivity index (χ0n) is 12.6. The third kappa shape index (κ3) is 4.01. The monoisotopic (exact) mass is 283 g/mol. The van der Waals surface area contributed by atoms with Crippen LogP contribution in [0, 0.1) is 0 Å². The van der Waals surface area contributed by atoms with E-state index < -0.39 is 0 Å². The molecule has 2 heterocycles. The first-order chi connectivity index (χ1) is 9.74. The number of nitrogens with zero attached hydrogens (tertiary/aromatic N) is 2. The molecule has 0 radical (unpaired) electrons. The van der Waals surface area contributed by atoms with Gasteiger partial charge in [0.05, 0.1) is 18.6 Å². The van der Waals surface area contributed by atoms with Crippen LogP contribution in [0.15, 0.2) is 4.52 Å². The first kappa shape index (κ1) is 15.4. The van der Waals surface area contributed by atoms with E-state index in [0.29, 0.717) is 30.8 Å². The second kappa shape index (κ2) is 7.71. The molecule has 0 aromatic carbocycles. The maximum Gasteiger partial charge on any atom is 0.233 e. The van der Waals surface area contributed by atoms with E-state index in [1.54, 1.807) is 7.11 Å². The van der Waals surface area contributed by atoms with Gasteiger partial charge in [-0.3, -0.25) is 0 Å². The third-order valence-electron chi connectivity index (χ3n) is 3.69. The number of methoxy groups -OCH3 is 1. The fourth-order valence-corrected chi connectivity index (χ4v) is 2.40. The number of rotatable bonds is 7. The zero-order chi connectivity index (χ0) is 14.4. The average Bonchev–Trinajstić information content (AvgIpc) is 2.93. The molecule has 3 unspecified atom stereocenters. The molecule has 1 saturated heterocycles. The molecule has 1 aromatic rings. The topological polar surface area (TPSA) is 69.4 Å². The molecule has 0 spiro atoms. The highest BCUT2D eigenvalue weighted by molar-refractivity contribution is 5.01. The highest BCUT2D eigenvalue weighted by Gasteiger charge is 2.31. The van der Waals surface area contributed by atoms with Gasteiger partial charge in [0.15, 0.2) is 5.82 Å². The van der Waals surface area contributed by atoms with Crippen molar-refractivity contribution in [2.75, 3.05) is 26.9 Å². The van der Waals surface area contributed by atoms with Gasteiger partial charge in [-0.25, -0.2) is 0 Å². The fraction of sp³-hybridized carbons (Fsp3) is 0.857. The van der Waals surface area contributed by atoms with Crippen molar-refractivity contribution in [2.45, 2.75) is 51.2 Å². The van der Waals surface area contributed by atoms with Gasteiger partial charge in [-0.2, -0.15) is 4.98 Å². The second-order valence-corrected chi connectivity index (χ2v) is 5.33. The van der Waals surface area contributed by atoms with Gasteiger partial charge >= 0.3 is 0 Å². The van der Waals surface area contributed by atoms with Crippen molar-refractivity contribution in [2.24, 2.45) is 0 Å². The lowest BCUT2D eigenvalue weighted by atomic mass is 9.95. The molecule has 0 bridgehead atoms. The molecule has 1 fully saturated rings. The predicted molar refractivity (Wildman–Crippen MR) is 74.7 cm³/mol. The van der Waals surface area contributed by atoms with E-state index in [1.807, 2.05) is 6.92 Å². The van der Waals surface area contributed by atoms with E-state index in [1.165, 1.54) is 0 Å². The molecular weight excluding hydrogens is 258 g/mol. The molecule has 6 nitrogen and oxygen atoms in total. The minimum absolute atomic E-state index is 0.0945. The maximum atomic E-state index is 5.57. The average molecular weight is 283 g/mol. The van der Waals surface area contributed by atoms with E-state index in [-0.39, 0.29) is 12.0 Å². The van der Waals surface area contributed by atoms with Gasteiger partial charge in [0.25, 0.3) is 0 Å². The Labute approximate surface area is 120 Å². The summed E-state index contributed by atoms with van der Waals surface area (Å²) in [5, 5.41) is 7.59. The summed E-state index contributed by atoms with van der Waals surface area (Å²) in [6, 6.07) is 0.358. The molecule has 0 amide bonds. The molecule has 1 aliphatic heterocycles. The van der Waals surface area contributed by atoms with Crippen LogP contribution in [0.25, 0.3) is 0 Å². The minimum Gasteiger partial charge on any atom is -0.381 e. The van der Waals surface area contributed by atoms with Gasteiger partial charge in [0.1, 0.15) is 0 Å². The van der Waals surface area contributed by atoms with Crippen LogP contribution in [0.1, 0.15) is 44.3 Å². The van der Waals surface area contributed by atoms with Crippen LogP contribution in [0.5, 0.6) is 0 Å². The third-order valence-corrected chi connectivity index (χ3v) is 3.69. The molecule has 1 N–H and O–H groups in total. The standard InChI is InChI=1S/C14H25N3O3/c1-4-6-15-12-5-7-19-9-11(12)14-16-13(17-20-14)8-10(2)18-3/h10-12,15H,4-9H2,1-3H3. The lowest BCUT2D eigenvalue weighted by Gasteiger charge is -2.29. The summed E-state index contributed by atoms with van der Waals surface area (Å²) in [5.41, 5.74) is 0. The van der Waals surface area contributed by atoms with E-state index in [9.17, 15) is 0 Å². The number of hydrogen-bond acceptors (Lipinski definition) is 6. The number of ether oxygens (including phenoxy) is 2. The Morgan fingerprint density at radius 1 is 1.50 bits per heavy atom. The Morgan fingerprint density at radius 2 is 2.35 bits per heavy atom. The minimum atomic E-state index is 0.0945. The Morgan fingerprint density at radius 3 is 3.10 bits per heavy atom. The van der Waals surface area contributed by atoms with Gasteiger partial charge in [-0.1, -0.05) is 12.1 Å². The SMILES string of the molecule is CCCNC1CCOCC1c1nc(CC(C)OC)no1. The van der Waals surface area contributed by atoms with Crippen LogP contribution in [-0.2, 0) is 15.9 Å². The molecule has 114 valence electrons. The van der Waals surface area contributed by atoms with Crippen molar-refractivity contribution in [1.82, 2.24) is 15.5 Å². The molecule has 0 saturated carbocycles. The second-order valence-electron chi connectivity index (χ2n) is 5.33. The Hall–Kier alpha value is -0.980. The Bertz CT molecular complexity index is 397. The van der Waals surface area contributed by atoms with Crippen molar-refractivity contribution >= 4 is 0 Å². The summed E-state index contributed by atoms with van der Waals surface area (Å²) < 4.78 is 16.2. The molecule has 0 aliphatic carbocycles. The molecule has 6 heteroatoms. The van der Waals surface area contributed by atoms with Crippen LogP contribution >= 0.6 is 0 Å². The van der Waals surface area contributed by atoms with Gasteiger partial charge < -0.3 is 19.3 Å². The quantitative estimate of drug-likeness (QED) is 0.818. The maximum absolute atomic E-state index is 5.57. The van der Waals surface area contributed by atoms with Crippen LogP contribution in [0.3, 0.4) is 0 Å². The van der Waals surface area contributed by atoms with Gasteiger partial charge in [-0.05, 0) is 26.3 Å². The lowest BCUT2D eigenvalue weighted by Crippen LogP contribution is -2.41. The van der Waals surface area contributed by atoms with Crippen molar-refractivity contribution < 1.29 is 14.0 Å². The van der Waals surface area contributed by atoms with Gasteiger partial charge in [-0.15, -0.1) is 0 Å². The van der Waals surface area contributed by atoms with Crippen molar-refractivity contribution in [3.63, 3.8) is 0 Å². The van der Waals surface area contributed by atoms with E-state index >= 15 is 0 Å². The summed E-state index contributed by atoms with van der Waals surface area (Å²) in [5.74, 6) is 1.53. The van der Waals surface area contributed by atoms with Gasteiger partial charge in [0.2, 0.25) is 5.89 Å². The van der Waals surface area contributed by atoms with Crippen LogP contribution in [0.2, 0.25) is 0 Å². The normalized spacial score (nSPS) is 24.8. The molecule has 2 rings (SSSR count). The van der Waals surface area contributed by atoms with Crippen LogP contribution in [-0.4, -0.2) is 49.2 Å². The fourth-order valence-electron chi connectivity index (χ4n) is 2.40. The summed E-state index contributed by atoms with van der Waals surface area (Å²) in [4.78, 5) is 4.50. The molecule has 1 aliphatic rings. The van der Waals surface area contributed by atoms with Crippen molar-refractivity contribution in [1.29, 1.82) is 0 Å². The zero-order valence-corrected chi connectivity index (χ0v) is 12.6. The Balaban J connectivity index is 2.00. The molecule has 3 atom stereocenters. The summed E-state index contributed by atoms with van der Waals surface area (Å²) in [7, 11) is 1.69. The van der Waals surface area contributed by atoms with E-state index in [2.05, 4.69) is 22.4 Å². The number of nitrogens with one attached hydrogen (secondary N) is 1. The van der Waals surface area contributed by atoms with Crippen LogP contribution < -0.4 is 5.32 Å². The smallest absolute Gasteiger partial charge is 0.233 e. The molecule has 20 heavy (non-hydrogen) atoms. The summed E-state index contributed by atoms with van der Waals surface area (Å²) in [6.45, 7) is 6.59. The van der Waals surface area contributed by atoms with Crippen molar-refractivity contribution in [3.05, 3.63) is 11.7 Å². The van der Waals surface area contributed by atoms with E-state index in [0.717, 1.165) is 26.0 Å². The lowest BCUT2D eigenvalue weighted by molar-refractivity contribution is 0.0498.